The molecule has 144 valence electrons. The zero-order chi connectivity index (χ0) is 19.2. The Labute approximate surface area is 152 Å². The summed E-state index contributed by atoms with van der Waals surface area (Å²) in [6, 6.07) is 4.44. The first-order valence-electron chi connectivity index (χ1n) is 8.58. The number of amides is 1. The standard InChI is InChI=1S/C17H23FN2O5S/c1-2-25-17(22)16(21)19-11-10-14-5-3-4-12-20(14)26(23,24)15-8-6-13(18)7-9-15/h6-9,14H,2-5,10-12H2,1H3,(H,19,21)/t14-/m0/s1. The fourth-order valence-electron chi connectivity index (χ4n) is 2.94. The summed E-state index contributed by atoms with van der Waals surface area (Å²) in [6.45, 7) is 2.25. The molecule has 0 radical (unpaired) electrons. The quantitative estimate of drug-likeness (QED) is 0.590. The first-order valence-corrected chi connectivity index (χ1v) is 10.0. The van der Waals surface area contributed by atoms with E-state index in [0.717, 1.165) is 25.0 Å². The van der Waals surface area contributed by atoms with Gasteiger partial charge in [-0.05, 0) is 50.5 Å². The number of nitrogens with one attached hydrogen (secondary N) is 1. The Morgan fingerprint density at radius 3 is 2.62 bits per heavy atom. The van der Waals surface area contributed by atoms with Crippen LogP contribution in [0.25, 0.3) is 0 Å². The van der Waals surface area contributed by atoms with Crippen LogP contribution in [-0.4, -0.2) is 50.3 Å². The molecule has 2 rings (SSSR count). The summed E-state index contributed by atoms with van der Waals surface area (Å²) in [5.74, 6) is -2.29. The van der Waals surface area contributed by atoms with Gasteiger partial charge in [-0.3, -0.25) is 4.79 Å². The SMILES string of the molecule is CCOC(=O)C(=O)NCC[C@@H]1CCCCN1S(=O)(=O)c1ccc(F)cc1. The van der Waals surface area contributed by atoms with Crippen molar-refractivity contribution < 1.29 is 27.1 Å². The third kappa shape index (κ3) is 5.01. The van der Waals surface area contributed by atoms with Crippen molar-refractivity contribution in [2.75, 3.05) is 19.7 Å². The molecule has 26 heavy (non-hydrogen) atoms. The number of ether oxygens (including phenoxy) is 1. The van der Waals surface area contributed by atoms with Crippen LogP contribution in [0.4, 0.5) is 4.39 Å². The molecule has 0 spiro atoms. The maximum atomic E-state index is 13.1. The van der Waals surface area contributed by atoms with Gasteiger partial charge in [0.2, 0.25) is 10.0 Å². The van der Waals surface area contributed by atoms with Crippen LogP contribution >= 0.6 is 0 Å². The van der Waals surface area contributed by atoms with Gasteiger partial charge < -0.3 is 10.1 Å². The predicted octanol–water partition coefficient (Wildman–Crippen LogP) is 1.44. The molecule has 1 N–H and O–H groups in total. The van der Waals surface area contributed by atoms with Crippen LogP contribution < -0.4 is 5.32 Å². The number of piperidine rings is 1. The van der Waals surface area contributed by atoms with Crippen LogP contribution in [-0.2, 0) is 24.3 Å². The topological polar surface area (TPSA) is 92.8 Å². The molecule has 1 atom stereocenters. The van der Waals surface area contributed by atoms with Crippen LogP contribution in [0.2, 0.25) is 0 Å². The highest BCUT2D eigenvalue weighted by Crippen LogP contribution is 2.27. The van der Waals surface area contributed by atoms with E-state index in [1.807, 2.05) is 0 Å². The van der Waals surface area contributed by atoms with E-state index >= 15 is 0 Å². The van der Waals surface area contributed by atoms with Crippen molar-refractivity contribution >= 4 is 21.9 Å². The molecule has 0 unspecified atom stereocenters. The lowest BCUT2D eigenvalue weighted by Crippen LogP contribution is -2.45. The van der Waals surface area contributed by atoms with Crippen molar-refractivity contribution in [2.24, 2.45) is 0 Å². The van der Waals surface area contributed by atoms with Gasteiger partial charge >= 0.3 is 11.9 Å². The van der Waals surface area contributed by atoms with E-state index in [-0.39, 0.29) is 24.1 Å². The maximum Gasteiger partial charge on any atom is 0.396 e. The van der Waals surface area contributed by atoms with Gasteiger partial charge in [0.15, 0.2) is 0 Å². The largest absolute Gasteiger partial charge is 0.459 e. The molecule has 1 heterocycles. The van der Waals surface area contributed by atoms with Gasteiger partial charge in [0, 0.05) is 19.1 Å². The summed E-state index contributed by atoms with van der Waals surface area (Å²) in [6.07, 6.45) is 2.67. The first kappa shape index (κ1) is 20.3. The highest BCUT2D eigenvalue weighted by atomic mass is 32.2. The normalized spacial score (nSPS) is 18.3. The highest BCUT2D eigenvalue weighted by Gasteiger charge is 2.33. The number of sulfonamides is 1. The van der Waals surface area contributed by atoms with E-state index in [1.165, 1.54) is 16.4 Å². The summed E-state index contributed by atoms with van der Waals surface area (Å²) in [4.78, 5) is 22.9. The molecular weight excluding hydrogens is 363 g/mol. The van der Waals surface area contributed by atoms with Crippen LogP contribution in [0.1, 0.15) is 32.6 Å². The molecule has 1 aliphatic rings. The highest BCUT2D eigenvalue weighted by molar-refractivity contribution is 7.89. The molecule has 0 bridgehead atoms. The van der Waals surface area contributed by atoms with Crippen molar-refractivity contribution in [2.45, 2.75) is 43.5 Å². The Bertz CT molecular complexity index is 736. The minimum absolute atomic E-state index is 0.0429. The van der Waals surface area contributed by atoms with Gasteiger partial charge in [-0.1, -0.05) is 6.42 Å². The summed E-state index contributed by atoms with van der Waals surface area (Å²) in [7, 11) is -3.74. The molecule has 0 saturated carbocycles. The number of benzene rings is 1. The number of esters is 1. The molecule has 9 heteroatoms. The summed E-state index contributed by atoms with van der Waals surface area (Å²) in [5.41, 5.74) is 0. The van der Waals surface area contributed by atoms with E-state index in [2.05, 4.69) is 10.1 Å². The van der Waals surface area contributed by atoms with Gasteiger partial charge in [-0.2, -0.15) is 4.31 Å². The van der Waals surface area contributed by atoms with E-state index in [9.17, 15) is 22.4 Å². The van der Waals surface area contributed by atoms with Crippen molar-refractivity contribution in [1.29, 1.82) is 0 Å². The second kappa shape index (κ2) is 9.09. The third-order valence-corrected chi connectivity index (χ3v) is 6.18. The number of carbonyl (C=O) groups excluding carboxylic acids is 2. The Balaban J connectivity index is 2.02. The molecule has 1 saturated heterocycles. The van der Waals surface area contributed by atoms with Crippen LogP contribution in [0, 0.1) is 5.82 Å². The Morgan fingerprint density at radius 2 is 1.96 bits per heavy atom. The molecule has 1 aliphatic heterocycles. The lowest BCUT2D eigenvalue weighted by Gasteiger charge is -2.34. The number of hydrogen-bond donors (Lipinski definition) is 1. The monoisotopic (exact) mass is 386 g/mol. The molecule has 0 aromatic heterocycles. The molecular formula is C17H23FN2O5S. The Kier molecular flexibility index (Phi) is 7.10. The average Bonchev–Trinajstić information content (AvgIpc) is 2.62. The fraction of sp³-hybridized carbons (Fsp3) is 0.529. The summed E-state index contributed by atoms with van der Waals surface area (Å²) >= 11 is 0. The molecule has 1 aromatic rings. The van der Waals surface area contributed by atoms with Crippen LogP contribution in [0.3, 0.4) is 0 Å². The number of rotatable bonds is 6. The van der Waals surface area contributed by atoms with Crippen LogP contribution in [0.5, 0.6) is 0 Å². The van der Waals surface area contributed by atoms with Crippen LogP contribution in [0.15, 0.2) is 29.2 Å². The van der Waals surface area contributed by atoms with Gasteiger partial charge in [0.25, 0.3) is 0 Å². The third-order valence-electron chi connectivity index (χ3n) is 4.22. The molecule has 1 aromatic carbocycles. The van der Waals surface area contributed by atoms with E-state index in [4.69, 9.17) is 0 Å². The summed E-state index contributed by atoms with van der Waals surface area (Å²) < 4.78 is 44.8. The van der Waals surface area contributed by atoms with Gasteiger partial charge in [0.1, 0.15) is 5.82 Å². The van der Waals surface area contributed by atoms with Gasteiger partial charge in [-0.15, -0.1) is 0 Å². The van der Waals surface area contributed by atoms with E-state index in [1.54, 1.807) is 6.92 Å². The number of nitrogens with zero attached hydrogens (tertiary/aromatic N) is 1. The maximum absolute atomic E-state index is 13.1. The van der Waals surface area contributed by atoms with E-state index in [0.29, 0.717) is 19.4 Å². The van der Waals surface area contributed by atoms with Gasteiger partial charge in [0.05, 0.1) is 11.5 Å². The fourth-order valence-corrected chi connectivity index (χ4v) is 4.67. The van der Waals surface area contributed by atoms with Crippen molar-refractivity contribution in [3.63, 3.8) is 0 Å². The Morgan fingerprint density at radius 1 is 1.27 bits per heavy atom. The summed E-state index contributed by atoms with van der Waals surface area (Å²) in [5, 5.41) is 2.45. The van der Waals surface area contributed by atoms with Crippen molar-refractivity contribution in [3.8, 4) is 0 Å². The zero-order valence-corrected chi connectivity index (χ0v) is 15.4. The minimum atomic E-state index is -3.74. The molecule has 0 aliphatic carbocycles. The number of carbonyl (C=O) groups is 2. The Hall–Kier alpha value is -2.00. The minimum Gasteiger partial charge on any atom is -0.459 e. The predicted molar refractivity (Wildman–Crippen MR) is 92.2 cm³/mol. The molecule has 7 nitrogen and oxygen atoms in total. The van der Waals surface area contributed by atoms with Crippen molar-refractivity contribution in [3.05, 3.63) is 30.1 Å². The lowest BCUT2D eigenvalue weighted by atomic mass is 10.0. The van der Waals surface area contributed by atoms with Gasteiger partial charge in [-0.25, -0.2) is 17.6 Å². The zero-order valence-electron chi connectivity index (χ0n) is 14.6. The lowest BCUT2D eigenvalue weighted by molar-refractivity contribution is -0.154. The number of halogens is 1. The first-order chi connectivity index (χ1) is 12.4. The average molecular weight is 386 g/mol. The second-order valence-electron chi connectivity index (χ2n) is 5.98. The smallest absolute Gasteiger partial charge is 0.396 e. The van der Waals surface area contributed by atoms with Crippen molar-refractivity contribution in [1.82, 2.24) is 9.62 Å². The second-order valence-corrected chi connectivity index (χ2v) is 7.87. The molecule has 1 amide bonds. The van der Waals surface area contributed by atoms with E-state index < -0.39 is 27.7 Å². The molecule has 1 fully saturated rings. The number of hydrogen-bond acceptors (Lipinski definition) is 5.